The summed E-state index contributed by atoms with van der Waals surface area (Å²) in [6.07, 6.45) is 2.47. The molecular formula is C10H3BrF5N3. The van der Waals surface area contributed by atoms with Gasteiger partial charge in [-0.25, -0.2) is 31.9 Å². The fourth-order valence-electron chi connectivity index (χ4n) is 1.20. The van der Waals surface area contributed by atoms with E-state index in [-0.39, 0.29) is 5.95 Å². The van der Waals surface area contributed by atoms with Crippen molar-refractivity contribution in [2.45, 2.75) is 0 Å². The van der Waals surface area contributed by atoms with Crippen molar-refractivity contribution in [3.8, 4) is 0 Å². The van der Waals surface area contributed by atoms with Crippen LogP contribution in [0.1, 0.15) is 0 Å². The number of hydrogen-bond donors (Lipinski definition) is 1. The molecule has 0 saturated heterocycles. The van der Waals surface area contributed by atoms with Crippen molar-refractivity contribution < 1.29 is 22.0 Å². The van der Waals surface area contributed by atoms with E-state index in [1.54, 1.807) is 0 Å². The van der Waals surface area contributed by atoms with Crippen LogP contribution in [-0.2, 0) is 0 Å². The quantitative estimate of drug-likeness (QED) is 0.515. The molecule has 19 heavy (non-hydrogen) atoms. The average Bonchev–Trinajstić information content (AvgIpc) is 2.41. The Morgan fingerprint density at radius 3 is 1.68 bits per heavy atom. The van der Waals surface area contributed by atoms with Gasteiger partial charge in [0.2, 0.25) is 11.8 Å². The molecule has 2 aromatic rings. The van der Waals surface area contributed by atoms with Crippen LogP contribution < -0.4 is 5.32 Å². The summed E-state index contributed by atoms with van der Waals surface area (Å²) >= 11 is 3.02. The number of benzene rings is 1. The van der Waals surface area contributed by atoms with Crippen LogP contribution in [0.15, 0.2) is 16.9 Å². The summed E-state index contributed by atoms with van der Waals surface area (Å²) in [5.41, 5.74) is -1.21. The Labute approximate surface area is 111 Å². The van der Waals surface area contributed by atoms with Crippen LogP contribution in [0.2, 0.25) is 0 Å². The van der Waals surface area contributed by atoms with E-state index in [9.17, 15) is 22.0 Å². The molecule has 0 radical (unpaired) electrons. The Bertz CT molecular complexity index is 603. The van der Waals surface area contributed by atoms with Crippen molar-refractivity contribution in [2.75, 3.05) is 5.32 Å². The first-order valence-electron chi connectivity index (χ1n) is 4.67. The van der Waals surface area contributed by atoms with Gasteiger partial charge in [-0.3, -0.25) is 0 Å². The zero-order valence-corrected chi connectivity index (χ0v) is 10.4. The van der Waals surface area contributed by atoms with Gasteiger partial charge in [-0.2, -0.15) is 0 Å². The molecule has 0 spiro atoms. The number of nitrogens with zero attached hydrogens (tertiary/aromatic N) is 2. The van der Waals surface area contributed by atoms with Gasteiger partial charge in [0, 0.05) is 12.4 Å². The lowest BCUT2D eigenvalue weighted by atomic mass is 10.2. The van der Waals surface area contributed by atoms with Crippen LogP contribution in [0.5, 0.6) is 0 Å². The Kier molecular flexibility index (Phi) is 3.65. The van der Waals surface area contributed by atoms with Crippen LogP contribution in [0.25, 0.3) is 0 Å². The monoisotopic (exact) mass is 339 g/mol. The number of nitrogens with one attached hydrogen (secondary N) is 1. The first-order chi connectivity index (χ1) is 8.91. The van der Waals surface area contributed by atoms with E-state index in [0.717, 1.165) is 0 Å². The summed E-state index contributed by atoms with van der Waals surface area (Å²) in [6, 6.07) is 0. The summed E-state index contributed by atoms with van der Waals surface area (Å²) < 4.78 is 65.8. The van der Waals surface area contributed by atoms with Crippen molar-refractivity contribution >= 4 is 27.6 Å². The van der Waals surface area contributed by atoms with Crippen LogP contribution in [0.3, 0.4) is 0 Å². The van der Waals surface area contributed by atoms with Crippen molar-refractivity contribution in [1.29, 1.82) is 0 Å². The molecule has 1 heterocycles. The van der Waals surface area contributed by atoms with E-state index in [4.69, 9.17) is 0 Å². The van der Waals surface area contributed by atoms with E-state index >= 15 is 0 Å². The summed E-state index contributed by atoms with van der Waals surface area (Å²) in [5.74, 6) is -10.6. The molecule has 1 aromatic heterocycles. The predicted octanol–water partition coefficient (Wildman–Crippen LogP) is 3.68. The van der Waals surface area contributed by atoms with E-state index in [1.165, 1.54) is 12.4 Å². The van der Waals surface area contributed by atoms with Crippen molar-refractivity contribution in [3.63, 3.8) is 0 Å². The lowest BCUT2D eigenvalue weighted by molar-refractivity contribution is 0.382. The third-order valence-electron chi connectivity index (χ3n) is 2.07. The van der Waals surface area contributed by atoms with Crippen LogP contribution in [-0.4, -0.2) is 9.97 Å². The maximum Gasteiger partial charge on any atom is 0.227 e. The van der Waals surface area contributed by atoms with Crippen LogP contribution >= 0.6 is 15.9 Å². The Hall–Kier alpha value is -1.77. The minimum absolute atomic E-state index is 0.314. The third kappa shape index (κ3) is 2.50. The number of hydrogen-bond acceptors (Lipinski definition) is 3. The molecule has 0 fully saturated rings. The number of rotatable bonds is 2. The molecule has 0 aliphatic carbocycles. The molecule has 0 saturated carbocycles. The fraction of sp³-hybridized carbons (Fsp3) is 0. The summed E-state index contributed by atoms with van der Waals surface area (Å²) in [5, 5.41) is 1.94. The minimum Gasteiger partial charge on any atom is -0.319 e. The Morgan fingerprint density at radius 2 is 1.21 bits per heavy atom. The van der Waals surface area contributed by atoms with Gasteiger partial charge >= 0.3 is 0 Å². The van der Waals surface area contributed by atoms with E-state index in [1.807, 2.05) is 5.32 Å². The molecule has 0 aliphatic rings. The second-order valence-corrected chi connectivity index (χ2v) is 4.21. The third-order valence-corrected chi connectivity index (χ3v) is 2.48. The first kappa shape index (κ1) is 13.7. The topological polar surface area (TPSA) is 37.8 Å². The molecule has 9 heteroatoms. The van der Waals surface area contributed by atoms with Crippen LogP contribution in [0, 0.1) is 29.1 Å². The molecule has 0 atom stereocenters. The van der Waals surface area contributed by atoms with Crippen molar-refractivity contribution in [2.24, 2.45) is 0 Å². The highest BCUT2D eigenvalue weighted by molar-refractivity contribution is 9.10. The second kappa shape index (κ2) is 5.08. The molecule has 2 rings (SSSR count). The van der Waals surface area contributed by atoms with E-state index in [2.05, 4.69) is 25.9 Å². The van der Waals surface area contributed by atoms with Gasteiger partial charge in [0.15, 0.2) is 23.3 Å². The Morgan fingerprint density at radius 1 is 0.789 bits per heavy atom. The smallest absolute Gasteiger partial charge is 0.227 e. The largest absolute Gasteiger partial charge is 0.319 e. The highest BCUT2D eigenvalue weighted by Crippen LogP contribution is 2.28. The van der Waals surface area contributed by atoms with Crippen LogP contribution in [0.4, 0.5) is 33.6 Å². The molecule has 3 nitrogen and oxygen atoms in total. The highest BCUT2D eigenvalue weighted by atomic mass is 79.9. The molecule has 100 valence electrons. The van der Waals surface area contributed by atoms with Gasteiger partial charge in [0.1, 0.15) is 5.69 Å². The first-order valence-corrected chi connectivity index (χ1v) is 5.47. The maximum absolute atomic E-state index is 13.3. The lowest BCUT2D eigenvalue weighted by Crippen LogP contribution is -2.08. The fourth-order valence-corrected chi connectivity index (χ4v) is 1.41. The number of anilines is 2. The lowest BCUT2D eigenvalue weighted by Gasteiger charge is -2.09. The molecule has 0 unspecified atom stereocenters. The van der Waals surface area contributed by atoms with Gasteiger partial charge in [-0.15, -0.1) is 0 Å². The van der Waals surface area contributed by atoms with Gasteiger partial charge in [0.05, 0.1) is 4.47 Å². The SMILES string of the molecule is Fc1c(F)c(F)c(Nc2ncc(Br)cn2)c(F)c1F. The molecule has 0 bridgehead atoms. The molecule has 0 aliphatic heterocycles. The Balaban J connectivity index is 2.48. The summed E-state index contributed by atoms with van der Waals surface area (Å²) in [7, 11) is 0. The normalized spacial score (nSPS) is 10.6. The van der Waals surface area contributed by atoms with E-state index < -0.39 is 34.8 Å². The molecule has 0 amide bonds. The molecule has 1 aromatic carbocycles. The van der Waals surface area contributed by atoms with Gasteiger partial charge in [-0.05, 0) is 15.9 Å². The standard InChI is InChI=1S/C10H3BrF5N3/c11-3-1-17-10(18-2-3)19-9-7(15)5(13)4(12)6(14)8(9)16/h1-2H,(H,17,18,19). The maximum atomic E-state index is 13.3. The van der Waals surface area contributed by atoms with E-state index in [0.29, 0.717) is 4.47 Å². The number of aromatic nitrogens is 2. The second-order valence-electron chi connectivity index (χ2n) is 3.29. The highest BCUT2D eigenvalue weighted by Gasteiger charge is 2.26. The van der Waals surface area contributed by atoms with Gasteiger partial charge < -0.3 is 5.32 Å². The van der Waals surface area contributed by atoms with Gasteiger partial charge in [0.25, 0.3) is 0 Å². The van der Waals surface area contributed by atoms with Crippen molar-refractivity contribution in [3.05, 3.63) is 46.0 Å². The summed E-state index contributed by atoms with van der Waals surface area (Å²) in [4.78, 5) is 7.19. The summed E-state index contributed by atoms with van der Waals surface area (Å²) in [6.45, 7) is 0. The zero-order valence-electron chi connectivity index (χ0n) is 8.82. The van der Waals surface area contributed by atoms with Crippen molar-refractivity contribution in [1.82, 2.24) is 9.97 Å². The predicted molar refractivity (Wildman–Crippen MR) is 59.2 cm³/mol. The zero-order chi connectivity index (χ0) is 14.2. The average molecular weight is 340 g/mol. The molecular weight excluding hydrogens is 337 g/mol. The molecule has 1 N–H and O–H groups in total. The minimum atomic E-state index is -2.22. The van der Waals surface area contributed by atoms with Gasteiger partial charge in [-0.1, -0.05) is 0 Å². The number of halogens is 6.